The van der Waals surface area contributed by atoms with Gasteiger partial charge in [-0.15, -0.1) is 0 Å². The SMILES string of the molecule is CCCCCC(O)C1(OCC)CCCC1. The number of aliphatic hydroxyl groups is 1. The molecule has 0 aromatic heterocycles. The summed E-state index contributed by atoms with van der Waals surface area (Å²) in [4.78, 5) is 0. The quantitative estimate of drug-likeness (QED) is 0.659. The smallest absolute Gasteiger partial charge is 0.0939 e. The van der Waals surface area contributed by atoms with Crippen LogP contribution >= 0.6 is 0 Å². The van der Waals surface area contributed by atoms with Gasteiger partial charge in [-0.2, -0.15) is 0 Å². The van der Waals surface area contributed by atoms with Gasteiger partial charge in [0.05, 0.1) is 11.7 Å². The highest BCUT2D eigenvalue weighted by Crippen LogP contribution is 2.37. The highest BCUT2D eigenvalue weighted by molar-refractivity contribution is 4.92. The van der Waals surface area contributed by atoms with Gasteiger partial charge in [0.2, 0.25) is 0 Å². The molecule has 2 heteroatoms. The second-order valence-corrected chi connectivity index (χ2v) is 4.72. The molecule has 0 spiro atoms. The molecule has 1 atom stereocenters. The second kappa shape index (κ2) is 6.49. The van der Waals surface area contributed by atoms with Gasteiger partial charge in [-0.1, -0.05) is 39.0 Å². The van der Waals surface area contributed by atoms with Crippen LogP contribution in [0.5, 0.6) is 0 Å². The van der Waals surface area contributed by atoms with Gasteiger partial charge in [0, 0.05) is 6.61 Å². The molecule has 1 fully saturated rings. The molecule has 0 bridgehead atoms. The molecule has 0 aromatic carbocycles. The molecule has 0 amide bonds. The Morgan fingerprint density at radius 1 is 1.20 bits per heavy atom. The zero-order chi connectivity index (χ0) is 11.1. The van der Waals surface area contributed by atoms with Crippen molar-refractivity contribution in [2.24, 2.45) is 0 Å². The maximum Gasteiger partial charge on any atom is 0.0939 e. The summed E-state index contributed by atoms with van der Waals surface area (Å²) in [6, 6.07) is 0. The van der Waals surface area contributed by atoms with Crippen LogP contribution < -0.4 is 0 Å². The van der Waals surface area contributed by atoms with Crippen LogP contribution in [0.25, 0.3) is 0 Å². The van der Waals surface area contributed by atoms with Crippen molar-refractivity contribution in [3.8, 4) is 0 Å². The molecule has 90 valence electrons. The van der Waals surface area contributed by atoms with Crippen LogP contribution in [0, 0.1) is 0 Å². The molecule has 0 radical (unpaired) electrons. The highest BCUT2D eigenvalue weighted by Gasteiger charge is 2.40. The molecule has 2 nitrogen and oxygen atoms in total. The lowest BCUT2D eigenvalue weighted by molar-refractivity contribution is -0.119. The molecule has 0 heterocycles. The molecule has 0 aromatic rings. The zero-order valence-corrected chi connectivity index (χ0v) is 10.3. The number of aliphatic hydroxyl groups excluding tert-OH is 1. The van der Waals surface area contributed by atoms with Crippen molar-refractivity contribution in [1.82, 2.24) is 0 Å². The van der Waals surface area contributed by atoms with E-state index < -0.39 is 0 Å². The molecular weight excluding hydrogens is 188 g/mol. The van der Waals surface area contributed by atoms with Crippen LogP contribution in [0.1, 0.15) is 65.2 Å². The summed E-state index contributed by atoms with van der Waals surface area (Å²) in [5.41, 5.74) is -0.192. The van der Waals surface area contributed by atoms with Gasteiger partial charge in [0.1, 0.15) is 0 Å². The Kier molecular flexibility index (Phi) is 5.62. The Morgan fingerprint density at radius 2 is 1.87 bits per heavy atom. The van der Waals surface area contributed by atoms with E-state index in [1.807, 2.05) is 6.92 Å². The van der Waals surface area contributed by atoms with Gasteiger partial charge in [-0.3, -0.25) is 0 Å². The average Bonchev–Trinajstić information content (AvgIpc) is 2.68. The van der Waals surface area contributed by atoms with Crippen molar-refractivity contribution >= 4 is 0 Å². The predicted molar refractivity (Wildman–Crippen MR) is 63.0 cm³/mol. The fourth-order valence-corrected chi connectivity index (χ4v) is 2.69. The van der Waals surface area contributed by atoms with E-state index in [1.165, 1.54) is 25.7 Å². The van der Waals surface area contributed by atoms with E-state index >= 15 is 0 Å². The first kappa shape index (κ1) is 13.0. The number of hydrogen-bond donors (Lipinski definition) is 1. The Labute approximate surface area is 94.0 Å². The molecule has 1 aliphatic carbocycles. The third-order valence-corrected chi connectivity index (χ3v) is 3.57. The standard InChI is InChI=1S/C13H26O2/c1-3-5-6-9-12(14)13(15-4-2)10-7-8-11-13/h12,14H,3-11H2,1-2H3. The van der Waals surface area contributed by atoms with E-state index in [0.717, 1.165) is 32.3 Å². The summed E-state index contributed by atoms with van der Waals surface area (Å²) in [5.74, 6) is 0. The summed E-state index contributed by atoms with van der Waals surface area (Å²) in [7, 11) is 0. The molecular formula is C13H26O2. The van der Waals surface area contributed by atoms with Crippen LogP contribution in [0.2, 0.25) is 0 Å². The molecule has 1 saturated carbocycles. The molecule has 15 heavy (non-hydrogen) atoms. The van der Waals surface area contributed by atoms with Crippen molar-refractivity contribution in [2.75, 3.05) is 6.61 Å². The van der Waals surface area contributed by atoms with Crippen molar-refractivity contribution in [1.29, 1.82) is 0 Å². The normalized spacial score (nSPS) is 21.8. The predicted octanol–water partition coefficient (Wildman–Crippen LogP) is 3.28. The number of ether oxygens (including phenoxy) is 1. The van der Waals surface area contributed by atoms with E-state index in [1.54, 1.807) is 0 Å². The lowest BCUT2D eigenvalue weighted by Crippen LogP contribution is -2.42. The summed E-state index contributed by atoms with van der Waals surface area (Å²) in [5, 5.41) is 10.2. The van der Waals surface area contributed by atoms with Crippen molar-refractivity contribution in [3.05, 3.63) is 0 Å². The van der Waals surface area contributed by atoms with Crippen LogP contribution in [-0.4, -0.2) is 23.4 Å². The van der Waals surface area contributed by atoms with Crippen LogP contribution in [0.4, 0.5) is 0 Å². The molecule has 1 aliphatic rings. The summed E-state index contributed by atoms with van der Waals surface area (Å²) in [6.45, 7) is 4.95. The number of rotatable bonds is 7. The van der Waals surface area contributed by atoms with E-state index in [2.05, 4.69) is 6.92 Å². The van der Waals surface area contributed by atoms with Crippen molar-refractivity contribution in [3.63, 3.8) is 0 Å². The first-order valence-electron chi connectivity index (χ1n) is 6.57. The third kappa shape index (κ3) is 3.46. The maximum absolute atomic E-state index is 10.2. The van der Waals surface area contributed by atoms with Gasteiger partial charge >= 0.3 is 0 Å². The van der Waals surface area contributed by atoms with Gasteiger partial charge in [-0.25, -0.2) is 0 Å². The Hall–Kier alpha value is -0.0800. The molecule has 1 N–H and O–H groups in total. The van der Waals surface area contributed by atoms with Crippen LogP contribution in [0.15, 0.2) is 0 Å². The average molecular weight is 214 g/mol. The molecule has 0 aliphatic heterocycles. The van der Waals surface area contributed by atoms with E-state index in [-0.39, 0.29) is 11.7 Å². The fraction of sp³-hybridized carbons (Fsp3) is 1.00. The lowest BCUT2D eigenvalue weighted by Gasteiger charge is -2.34. The lowest BCUT2D eigenvalue weighted by atomic mass is 9.90. The van der Waals surface area contributed by atoms with E-state index in [9.17, 15) is 5.11 Å². The minimum absolute atomic E-state index is 0.192. The Balaban J connectivity index is 2.40. The van der Waals surface area contributed by atoms with Gasteiger partial charge in [-0.05, 0) is 26.2 Å². The van der Waals surface area contributed by atoms with Crippen molar-refractivity contribution in [2.45, 2.75) is 76.9 Å². The monoisotopic (exact) mass is 214 g/mol. The third-order valence-electron chi connectivity index (χ3n) is 3.57. The molecule has 1 rings (SSSR count). The number of hydrogen-bond acceptors (Lipinski definition) is 2. The van der Waals surface area contributed by atoms with Crippen LogP contribution in [0.3, 0.4) is 0 Å². The maximum atomic E-state index is 10.2. The van der Waals surface area contributed by atoms with Gasteiger partial charge < -0.3 is 9.84 Å². The van der Waals surface area contributed by atoms with Gasteiger partial charge in [0.25, 0.3) is 0 Å². The molecule has 0 saturated heterocycles. The topological polar surface area (TPSA) is 29.5 Å². The highest BCUT2D eigenvalue weighted by atomic mass is 16.5. The van der Waals surface area contributed by atoms with Crippen molar-refractivity contribution < 1.29 is 9.84 Å². The fourth-order valence-electron chi connectivity index (χ4n) is 2.69. The number of unbranched alkanes of at least 4 members (excludes halogenated alkanes) is 2. The van der Waals surface area contributed by atoms with Gasteiger partial charge in [0.15, 0.2) is 0 Å². The summed E-state index contributed by atoms with van der Waals surface area (Å²) in [6.07, 6.45) is 8.76. The largest absolute Gasteiger partial charge is 0.390 e. The van der Waals surface area contributed by atoms with E-state index in [0.29, 0.717) is 0 Å². The second-order valence-electron chi connectivity index (χ2n) is 4.72. The Bertz CT molecular complexity index is 162. The molecule has 1 unspecified atom stereocenters. The van der Waals surface area contributed by atoms with E-state index in [4.69, 9.17) is 4.74 Å². The minimum Gasteiger partial charge on any atom is -0.390 e. The Morgan fingerprint density at radius 3 is 2.40 bits per heavy atom. The summed E-state index contributed by atoms with van der Waals surface area (Å²) >= 11 is 0. The zero-order valence-electron chi connectivity index (χ0n) is 10.3. The minimum atomic E-state index is -0.244. The first-order chi connectivity index (χ1) is 7.25. The summed E-state index contributed by atoms with van der Waals surface area (Å²) < 4.78 is 5.83. The first-order valence-corrected chi connectivity index (χ1v) is 6.57. The van der Waals surface area contributed by atoms with Crippen LogP contribution in [-0.2, 0) is 4.74 Å².